The number of H-pyrrole nitrogens is 1. The third kappa shape index (κ3) is 4.73. The number of rotatable bonds is 7. The standard InChI is InChI=1S/C23H19ClN4O3/c24-17-3-1-16(2-4-17)19(12-23(29)27-13-15-7-9-25-10-8-15)21-14-26-22-6-5-18(28(30)31)11-20(21)22/h1-11,14,19,26H,12-13H2,(H,27,29). The molecule has 4 rings (SSSR count). The molecule has 2 aromatic heterocycles. The second kappa shape index (κ2) is 8.97. The molecular formula is C23H19ClN4O3. The van der Waals surface area contributed by atoms with Gasteiger partial charge in [-0.05, 0) is 47.0 Å². The molecule has 0 aliphatic rings. The van der Waals surface area contributed by atoms with Crippen molar-refractivity contribution < 1.29 is 9.72 Å². The Balaban J connectivity index is 1.66. The van der Waals surface area contributed by atoms with Crippen LogP contribution in [0.5, 0.6) is 0 Å². The summed E-state index contributed by atoms with van der Waals surface area (Å²) in [7, 11) is 0. The van der Waals surface area contributed by atoms with Crippen LogP contribution in [0.3, 0.4) is 0 Å². The lowest BCUT2D eigenvalue weighted by atomic mass is 9.88. The fourth-order valence-corrected chi connectivity index (χ4v) is 3.72. The number of aromatic nitrogens is 2. The van der Waals surface area contributed by atoms with Crippen LogP contribution < -0.4 is 5.32 Å². The van der Waals surface area contributed by atoms with Gasteiger partial charge in [-0.25, -0.2) is 0 Å². The molecule has 1 amide bonds. The van der Waals surface area contributed by atoms with Gasteiger partial charge in [0.25, 0.3) is 5.69 Å². The Kier molecular flexibility index (Phi) is 5.95. The predicted octanol–water partition coefficient (Wildman–Crippen LogP) is 4.96. The lowest BCUT2D eigenvalue weighted by molar-refractivity contribution is -0.384. The number of carbonyl (C=O) groups excluding carboxylic acids is 1. The second-order valence-electron chi connectivity index (χ2n) is 7.17. The maximum Gasteiger partial charge on any atom is 0.270 e. The van der Waals surface area contributed by atoms with Gasteiger partial charge >= 0.3 is 0 Å². The smallest absolute Gasteiger partial charge is 0.270 e. The zero-order chi connectivity index (χ0) is 21.8. The van der Waals surface area contributed by atoms with Crippen LogP contribution in [0, 0.1) is 10.1 Å². The van der Waals surface area contributed by atoms with Crippen LogP contribution in [0.4, 0.5) is 5.69 Å². The molecule has 0 saturated carbocycles. The van der Waals surface area contributed by atoms with Crippen LogP contribution >= 0.6 is 11.6 Å². The molecule has 7 nitrogen and oxygen atoms in total. The Labute approximate surface area is 183 Å². The maximum absolute atomic E-state index is 12.8. The Morgan fingerprint density at radius 2 is 1.87 bits per heavy atom. The summed E-state index contributed by atoms with van der Waals surface area (Å²) in [4.78, 5) is 30.8. The number of benzene rings is 2. The molecule has 8 heteroatoms. The van der Waals surface area contributed by atoms with E-state index in [4.69, 9.17) is 11.6 Å². The van der Waals surface area contributed by atoms with Gasteiger partial charge in [0.2, 0.25) is 5.91 Å². The Hall–Kier alpha value is -3.71. The molecule has 0 fully saturated rings. The number of hydrogen-bond acceptors (Lipinski definition) is 4. The van der Waals surface area contributed by atoms with Crippen molar-refractivity contribution in [3.8, 4) is 0 Å². The molecule has 1 unspecified atom stereocenters. The Morgan fingerprint density at radius 1 is 1.13 bits per heavy atom. The van der Waals surface area contributed by atoms with Gasteiger partial charge in [0.15, 0.2) is 0 Å². The number of hydrogen-bond donors (Lipinski definition) is 2. The van der Waals surface area contributed by atoms with Crippen LogP contribution in [-0.2, 0) is 11.3 Å². The highest BCUT2D eigenvalue weighted by atomic mass is 35.5. The van der Waals surface area contributed by atoms with Crippen molar-refractivity contribution in [2.45, 2.75) is 18.9 Å². The second-order valence-corrected chi connectivity index (χ2v) is 7.61. The summed E-state index contributed by atoms with van der Waals surface area (Å²) in [6.07, 6.45) is 5.35. The number of amides is 1. The Bertz CT molecular complexity index is 1220. The molecular weight excluding hydrogens is 416 g/mol. The largest absolute Gasteiger partial charge is 0.361 e. The SMILES string of the molecule is O=C(CC(c1ccc(Cl)cc1)c1c[nH]c2ccc([N+](=O)[O-])cc12)NCc1ccncc1. The van der Waals surface area contributed by atoms with Crippen LogP contribution in [0.25, 0.3) is 10.9 Å². The van der Waals surface area contributed by atoms with Crippen LogP contribution in [0.15, 0.2) is 73.2 Å². The van der Waals surface area contributed by atoms with Crippen molar-refractivity contribution in [2.75, 3.05) is 0 Å². The number of nitro groups is 1. The van der Waals surface area contributed by atoms with Crippen molar-refractivity contribution in [1.82, 2.24) is 15.3 Å². The summed E-state index contributed by atoms with van der Waals surface area (Å²) in [6.45, 7) is 0.397. The van der Waals surface area contributed by atoms with Gasteiger partial charge in [-0.2, -0.15) is 0 Å². The van der Waals surface area contributed by atoms with Gasteiger partial charge in [0, 0.05) is 65.5 Å². The van der Waals surface area contributed by atoms with Crippen molar-refractivity contribution in [2.24, 2.45) is 0 Å². The first-order valence-corrected chi connectivity index (χ1v) is 10.1. The van der Waals surface area contributed by atoms with E-state index in [9.17, 15) is 14.9 Å². The van der Waals surface area contributed by atoms with E-state index in [1.807, 2.05) is 30.5 Å². The molecule has 2 aromatic carbocycles. The minimum Gasteiger partial charge on any atom is -0.361 e. The molecule has 2 heterocycles. The van der Waals surface area contributed by atoms with E-state index < -0.39 is 4.92 Å². The van der Waals surface area contributed by atoms with Crippen LogP contribution in [0.1, 0.15) is 29.0 Å². The minimum atomic E-state index is -0.422. The quantitative estimate of drug-likeness (QED) is 0.317. The van der Waals surface area contributed by atoms with E-state index in [0.29, 0.717) is 11.6 Å². The third-order valence-corrected chi connectivity index (χ3v) is 5.44. The van der Waals surface area contributed by atoms with E-state index in [1.165, 1.54) is 6.07 Å². The minimum absolute atomic E-state index is 0.00495. The van der Waals surface area contributed by atoms with E-state index in [1.54, 1.807) is 36.7 Å². The van der Waals surface area contributed by atoms with Crippen LogP contribution in [-0.4, -0.2) is 20.8 Å². The van der Waals surface area contributed by atoms with Crippen LogP contribution in [0.2, 0.25) is 5.02 Å². The van der Waals surface area contributed by atoms with E-state index >= 15 is 0 Å². The number of aromatic amines is 1. The summed E-state index contributed by atoms with van der Waals surface area (Å²) in [5.74, 6) is -0.429. The molecule has 0 bridgehead atoms. The first-order valence-electron chi connectivity index (χ1n) is 9.68. The molecule has 2 N–H and O–H groups in total. The highest BCUT2D eigenvalue weighted by Gasteiger charge is 2.22. The van der Waals surface area contributed by atoms with E-state index in [2.05, 4.69) is 15.3 Å². The molecule has 4 aromatic rings. The van der Waals surface area contributed by atoms with Crippen molar-refractivity contribution in [3.05, 3.63) is 105 Å². The summed E-state index contributed by atoms with van der Waals surface area (Å²) in [6, 6.07) is 15.7. The van der Waals surface area contributed by atoms with Crippen molar-refractivity contribution in [3.63, 3.8) is 0 Å². The topological polar surface area (TPSA) is 101 Å². The monoisotopic (exact) mass is 434 g/mol. The summed E-state index contributed by atoms with van der Waals surface area (Å²) < 4.78 is 0. The average molecular weight is 435 g/mol. The predicted molar refractivity (Wildman–Crippen MR) is 119 cm³/mol. The highest BCUT2D eigenvalue weighted by Crippen LogP contribution is 2.35. The number of carbonyl (C=O) groups is 1. The first kappa shape index (κ1) is 20.6. The van der Waals surface area contributed by atoms with Gasteiger partial charge < -0.3 is 10.3 Å². The zero-order valence-electron chi connectivity index (χ0n) is 16.4. The highest BCUT2D eigenvalue weighted by molar-refractivity contribution is 6.30. The van der Waals surface area contributed by atoms with Gasteiger partial charge in [0.1, 0.15) is 0 Å². The average Bonchev–Trinajstić information content (AvgIpc) is 3.20. The first-order chi connectivity index (χ1) is 15.0. The van der Waals surface area contributed by atoms with Gasteiger partial charge in [-0.1, -0.05) is 23.7 Å². The van der Waals surface area contributed by atoms with Gasteiger partial charge in [-0.3, -0.25) is 19.9 Å². The van der Waals surface area contributed by atoms with Gasteiger partial charge in [0.05, 0.1) is 4.92 Å². The van der Waals surface area contributed by atoms with E-state index in [0.717, 1.165) is 27.6 Å². The van der Waals surface area contributed by atoms with Crippen molar-refractivity contribution >= 4 is 34.1 Å². The Morgan fingerprint density at radius 3 is 2.58 bits per heavy atom. The summed E-state index contributed by atoms with van der Waals surface area (Å²) in [5, 5.41) is 15.5. The molecule has 0 aliphatic carbocycles. The number of pyridine rings is 1. The number of fused-ring (bicyclic) bond motifs is 1. The zero-order valence-corrected chi connectivity index (χ0v) is 17.2. The summed E-state index contributed by atoms with van der Waals surface area (Å²) >= 11 is 6.05. The normalized spacial score (nSPS) is 11.9. The molecule has 0 saturated heterocycles. The molecule has 0 radical (unpaired) electrons. The van der Waals surface area contributed by atoms with Crippen molar-refractivity contribution in [1.29, 1.82) is 0 Å². The number of nitrogens with zero attached hydrogens (tertiary/aromatic N) is 2. The third-order valence-electron chi connectivity index (χ3n) is 5.18. The lowest BCUT2D eigenvalue weighted by Gasteiger charge is -2.17. The summed E-state index contributed by atoms with van der Waals surface area (Å²) in [5.41, 5.74) is 3.45. The molecule has 0 spiro atoms. The number of halogens is 1. The molecule has 0 aliphatic heterocycles. The molecule has 1 atom stereocenters. The fourth-order valence-electron chi connectivity index (χ4n) is 3.59. The van der Waals surface area contributed by atoms with Gasteiger partial charge in [-0.15, -0.1) is 0 Å². The maximum atomic E-state index is 12.8. The lowest BCUT2D eigenvalue weighted by Crippen LogP contribution is -2.25. The number of non-ortho nitro benzene ring substituents is 1. The number of nitro benzene ring substituents is 1. The number of nitrogens with one attached hydrogen (secondary N) is 2. The fraction of sp³-hybridized carbons (Fsp3) is 0.130. The molecule has 156 valence electrons. The van der Waals surface area contributed by atoms with E-state index in [-0.39, 0.29) is 23.9 Å². The molecule has 31 heavy (non-hydrogen) atoms.